The van der Waals surface area contributed by atoms with E-state index in [1.807, 2.05) is 6.92 Å². The Morgan fingerprint density at radius 2 is 2.46 bits per heavy atom. The molecule has 1 atom stereocenters. The number of hydrogen-bond acceptors (Lipinski definition) is 4. The van der Waals surface area contributed by atoms with Gasteiger partial charge in [0, 0.05) is 6.04 Å². The van der Waals surface area contributed by atoms with Gasteiger partial charge in [0.15, 0.2) is 0 Å². The second-order valence-corrected chi connectivity index (χ2v) is 3.13. The fraction of sp³-hybridized carbons (Fsp3) is 0.667. The van der Waals surface area contributed by atoms with Crippen LogP contribution in [0.15, 0.2) is 11.3 Å². The van der Waals surface area contributed by atoms with Crippen molar-refractivity contribution in [2.24, 2.45) is 0 Å². The van der Waals surface area contributed by atoms with Crippen LogP contribution in [0.2, 0.25) is 0 Å². The summed E-state index contributed by atoms with van der Waals surface area (Å²) < 4.78 is 4.82. The summed E-state index contributed by atoms with van der Waals surface area (Å²) in [4.78, 5) is 11.3. The largest absolute Gasteiger partial charge is 0.510 e. The molecule has 74 valence electrons. The van der Waals surface area contributed by atoms with Crippen LogP contribution in [0.1, 0.15) is 20.3 Å². The Morgan fingerprint density at radius 3 is 3.08 bits per heavy atom. The minimum Gasteiger partial charge on any atom is -0.510 e. The third-order valence-corrected chi connectivity index (χ3v) is 2.00. The van der Waals surface area contributed by atoms with E-state index >= 15 is 0 Å². The molecule has 1 aliphatic rings. The average molecular weight is 185 g/mol. The Hall–Kier alpha value is -1.03. The molecule has 1 aliphatic heterocycles. The molecular weight excluding hydrogens is 170 g/mol. The first-order valence-electron chi connectivity index (χ1n) is 4.46. The van der Waals surface area contributed by atoms with E-state index in [2.05, 4.69) is 5.32 Å². The predicted molar refractivity (Wildman–Crippen MR) is 48.4 cm³/mol. The number of hydrogen-bond donors (Lipinski definition) is 2. The molecule has 1 heterocycles. The number of aliphatic hydroxyl groups excluding tert-OH is 1. The highest BCUT2D eigenvalue weighted by Crippen LogP contribution is 2.15. The van der Waals surface area contributed by atoms with Gasteiger partial charge in [0.2, 0.25) is 0 Å². The van der Waals surface area contributed by atoms with Gasteiger partial charge in [0.1, 0.15) is 5.76 Å². The van der Waals surface area contributed by atoms with Crippen LogP contribution in [0, 0.1) is 0 Å². The molecule has 0 aliphatic carbocycles. The fourth-order valence-corrected chi connectivity index (χ4v) is 1.29. The maximum atomic E-state index is 11.3. The smallest absolute Gasteiger partial charge is 0.337 e. The normalized spacial score (nSPS) is 23.1. The van der Waals surface area contributed by atoms with E-state index < -0.39 is 5.97 Å². The van der Waals surface area contributed by atoms with E-state index in [0.717, 1.165) is 0 Å². The zero-order chi connectivity index (χ0) is 9.84. The van der Waals surface area contributed by atoms with E-state index in [-0.39, 0.29) is 11.8 Å². The predicted octanol–water partition coefficient (Wildman–Crippen LogP) is 0.743. The number of esters is 1. The molecule has 0 saturated carbocycles. The van der Waals surface area contributed by atoms with Crippen LogP contribution in [0.3, 0.4) is 0 Å². The van der Waals surface area contributed by atoms with Crippen molar-refractivity contribution in [2.45, 2.75) is 26.3 Å². The molecule has 4 heteroatoms. The van der Waals surface area contributed by atoms with Crippen LogP contribution >= 0.6 is 0 Å². The van der Waals surface area contributed by atoms with Gasteiger partial charge in [-0.3, -0.25) is 0 Å². The minimum atomic E-state index is -0.395. The summed E-state index contributed by atoms with van der Waals surface area (Å²) in [5.41, 5.74) is 0.410. The molecule has 1 rings (SSSR count). The maximum Gasteiger partial charge on any atom is 0.337 e. The number of rotatable bonds is 2. The van der Waals surface area contributed by atoms with Crippen LogP contribution in [0.4, 0.5) is 0 Å². The maximum absolute atomic E-state index is 11.3. The van der Waals surface area contributed by atoms with Gasteiger partial charge in [-0.2, -0.15) is 0 Å². The number of aliphatic hydroxyl groups is 1. The second-order valence-electron chi connectivity index (χ2n) is 3.13. The lowest BCUT2D eigenvalue weighted by Gasteiger charge is -2.21. The SMILES string of the molecule is CCOC(=O)C1=C(O)CN[C@@H](C)C1. The van der Waals surface area contributed by atoms with Crippen molar-refractivity contribution in [2.75, 3.05) is 13.2 Å². The summed E-state index contributed by atoms with van der Waals surface area (Å²) in [6.45, 7) is 4.42. The van der Waals surface area contributed by atoms with Crippen LogP contribution in [-0.4, -0.2) is 30.3 Å². The molecule has 0 spiro atoms. The van der Waals surface area contributed by atoms with Crippen molar-refractivity contribution in [1.82, 2.24) is 5.32 Å². The van der Waals surface area contributed by atoms with Gasteiger partial charge in [-0.25, -0.2) is 4.79 Å². The fourth-order valence-electron chi connectivity index (χ4n) is 1.29. The minimum absolute atomic E-state index is 0.108. The second kappa shape index (κ2) is 4.28. The molecule has 0 unspecified atom stereocenters. The molecule has 0 radical (unpaired) electrons. The van der Waals surface area contributed by atoms with E-state index in [4.69, 9.17) is 4.74 Å². The van der Waals surface area contributed by atoms with E-state index in [1.165, 1.54) is 0 Å². The van der Waals surface area contributed by atoms with E-state index in [1.54, 1.807) is 6.92 Å². The van der Waals surface area contributed by atoms with Gasteiger partial charge in [0.25, 0.3) is 0 Å². The van der Waals surface area contributed by atoms with Crippen molar-refractivity contribution in [3.05, 3.63) is 11.3 Å². The van der Waals surface area contributed by atoms with Gasteiger partial charge in [-0.05, 0) is 20.3 Å². The van der Waals surface area contributed by atoms with E-state index in [0.29, 0.717) is 25.1 Å². The summed E-state index contributed by atoms with van der Waals surface area (Å²) in [6, 6.07) is 0.218. The molecule has 2 N–H and O–H groups in total. The molecule has 13 heavy (non-hydrogen) atoms. The molecule has 0 aromatic carbocycles. The average Bonchev–Trinajstić information content (AvgIpc) is 2.09. The lowest BCUT2D eigenvalue weighted by atomic mass is 10.0. The standard InChI is InChI=1S/C9H15NO3/c1-3-13-9(12)7-4-6(2)10-5-8(7)11/h6,10-11H,3-5H2,1-2H3/t6-/m0/s1. The Morgan fingerprint density at radius 1 is 1.77 bits per heavy atom. The van der Waals surface area contributed by atoms with Gasteiger partial charge < -0.3 is 15.2 Å². The van der Waals surface area contributed by atoms with Crippen LogP contribution in [0.5, 0.6) is 0 Å². The Bertz CT molecular complexity index is 235. The number of ether oxygens (including phenoxy) is 1. The lowest BCUT2D eigenvalue weighted by Crippen LogP contribution is -2.35. The molecule has 0 saturated heterocycles. The lowest BCUT2D eigenvalue weighted by molar-refractivity contribution is -0.139. The molecule has 0 fully saturated rings. The number of nitrogens with one attached hydrogen (secondary N) is 1. The summed E-state index contributed by atoms with van der Waals surface area (Å²) >= 11 is 0. The molecular formula is C9H15NO3. The van der Waals surface area contributed by atoms with Gasteiger partial charge in [-0.1, -0.05) is 0 Å². The van der Waals surface area contributed by atoms with Crippen molar-refractivity contribution in [1.29, 1.82) is 0 Å². The van der Waals surface area contributed by atoms with Gasteiger partial charge >= 0.3 is 5.97 Å². The molecule has 0 aromatic heterocycles. The molecule has 0 amide bonds. The highest BCUT2D eigenvalue weighted by atomic mass is 16.5. The summed E-state index contributed by atoms with van der Waals surface area (Å²) in [5.74, 6) is -0.287. The van der Waals surface area contributed by atoms with Crippen LogP contribution in [0.25, 0.3) is 0 Å². The van der Waals surface area contributed by atoms with Gasteiger partial charge in [0.05, 0.1) is 18.7 Å². The van der Waals surface area contributed by atoms with E-state index in [9.17, 15) is 9.90 Å². The Labute approximate surface area is 77.6 Å². The topological polar surface area (TPSA) is 58.6 Å². The summed E-state index contributed by atoms with van der Waals surface area (Å²) in [7, 11) is 0. The van der Waals surface area contributed by atoms with Crippen LogP contribution in [-0.2, 0) is 9.53 Å². The van der Waals surface area contributed by atoms with Crippen LogP contribution < -0.4 is 5.32 Å². The van der Waals surface area contributed by atoms with Crippen molar-refractivity contribution < 1.29 is 14.6 Å². The first-order valence-corrected chi connectivity index (χ1v) is 4.46. The monoisotopic (exact) mass is 185 g/mol. The number of carbonyl (C=O) groups is 1. The summed E-state index contributed by atoms with van der Waals surface area (Å²) in [5, 5.41) is 12.4. The zero-order valence-electron chi connectivity index (χ0n) is 7.96. The first kappa shape index (κ1) is 10.1. The third kappa shape index (κ3) is 2.45. The number of carbonyl (C=O) groups excluding carboxylic acids is 1. The first-order chi connectivity index (χ1) is 6.15. The van der Waals surface area contributed by atoms with Crippen molar-refractivity contribution in [3.8, 4) is 0 Å². The van der Waals surface area contributed by atoms with Crippen molar-refractivity contribution in [3.63, 3.8) is 0 Å². The quantitative estimate of drug-likeness (QED) is 0.623. The van der Waals surface area contributed by atoms with Crippen molar-refractivity contribution >= 4 is 5.97 Å². The van der Waals surface area contributed by atoms with Gasteiger partial charge in [-0.15, -0.1) is 0 Å². The highest BCUT2D eigenvalue weighted by Gasteiger charge is 2.23. The molecule has 0 aromatic rings. The molecule has 4 nitrogen and oxygen atoms in total. The molecule has 0 bridgehead atoms. The Kier molecular flexibility index (Phi) is 3.31. The third-order valence-electron chi connectivity index (χ3n) is 2.00. The summed E-state index contributed by atoms with van der Waals surface area (Å²) in [6.07, 6.45) is 0.532. The zero-order valence-corrected chi connectivity index (χ0v) is 7.96. The Balaban J connectivity index is 2.70. The highest BCUT2D eigenvalue weighted by molar-refractivity contribution is 5.89.